The number of carbonyl (C=O) groups excluding carboxylic acids is 2. The fourth-order valence-corrected chi connectivity index (χ4v) is 2.77. The van der Waals surface area contributed by atoms with Gasteiger partial charge >= 0.3 is 5.97 Å². The summed E-state index contributed by atoms with van der Waals surface area (Å²) < 4.78 is 5.52. The van der Waals surface area contributed by atoms with Gasteiger partial charge < -0.3 is 15.0 Å². The van der Waals surface area contributed by atoms with Gasteiger partial charge in [0.2, 0.25) is 5.91 Å². The van der Waals surface area contributed by atoms with E-state index in [4.69, 9.17) is 4.74 Å². The van der Waals surface area contributed by atoms with Crippen molar-refractivity contribution in [1.29, 1.82) is 0 Å². The van der Waals surface area contributed by atoms with E-state index in [1.54, 1.807) is 0 Å². The van der Waals surface area contributed by atoms with Crippen LogP contribution in [0.25, 0.3) is 10.9 Å². The molecule has 1 amide bonds. The molecule has 2 N–H and O–H groups in total. The summed E-state index contributed by atoms with van der Waals surface area (Å²) in [6, 6.07) is 7.22. The summed E-state index contributed by atoms with van der Waals surface area (Å²) in [6.45, 7) is 9.63. The minimum Gasteiger partial charge on any atom is -0.458 e. The van der Waals surface area contributed by atoms with Crippen LogP contribution in [0.3, 0.4) is 0 Å². The van der Waals surface area contributed by atoms with Crippen molar-refractivity contribution in [1.82, 2.24) is 10.3 Å². The SMILES string of the molecule is CC(C)CCC(=O)N[C@@H](Cc1c[nH]c2ccccc12)C(=O)OC(C)(C)C. The number of hydrogen-bond donors (Lipinski definition) is 2. The highest BCUT2D eigenvalue weighted by atomic mass is 16.6. The van der Waals surface area contributed by atoms with Crippen molar-refractivity contribution < 1.29 is 14.3 Å². The molecule has 0 aliphatic heterocycles. The Bertz CT molecular complexity index is 756. The van der Waals surface area contributed by atoms with E-state index in [2.05, 4.69) is 24.1 Å². The van der Waals surface area contributed by atoms with E-state index in [0.717, 1.165) is 22.9 Å². The standard InChI is InChI=1S/C21H30N2O3/c1-14(2)10-11-19(24)23-18(20(25)26-21(3,4)5)12-15-13-22-17-9-7-6-8-16(15)17/h6-9,13-14,18,22H,10-12H2,1-5H3,(H,23,24)/t18-/m0/s1. The number of fused-ring (bicyclic) bond motifs is 1. The van der Waals surface area contributed by atoms with Gasteiger partial charge in [0.05, 0.1) is 0 Å². The van der Waals surface area contributed by atoms with Crippen molar-refractivity contribution in [3.63, 3.8) is 0 Å². The van der Waals surface area contributed by atoms with Crippen molar-refractivity contribution >= 4 is 22.8 Å². The van der Waals surface area contributed by atoms with Crippen LogP contribution in [0.1, 0.15) is 53.0 Å². The predicted molar refractivity (Wildman–Crippen MR) is 104 cm³/mol. The third-order valence-electron chi connectivity index (χ3n) is 4.07. The molecule has 0 saturated heterocycles. The Morgan fingerprint density at radius 1 is 1.19 bits per heavy atom. The second-order valence-corrected chi connectivity index (χ2v) is 8.15. The van der Waals surface area contributed by atoms with Crippen LogP contribution in [0, 0.1) is 5.92 Å². The number of ether oxygens (including phenoxy) is 1. The topological polar surface area (TPSA) is 71.2 Å². The number of aromatic nitrogens is 1. The monoisotopic (exact) mass is 358 g/mol. The molecule has 2 rings (SSSR count). The lowest BCUT2D eigenvalue weighted by Gasteiger charge is -2.24. The molecule has 0 unspecified atom stereocenters. The van der Waals surface area contributed by atoms with Crippen LogP contribution in [0.5, 0.6) is 0 Å². The van der Waals surface area contributed by atoms with E-state index in [1.165, 1.54) is 0 Å². The maximum atomic E-state index is 12.6. The molecule has 1 heterocycles. The summed E-state index contributed by atoms with van der Waals surface area (Å²) in [5, 5.41) is 3.92. The molecule has 1 aromatic heterocycles. The molecule has 26 heavy (non-hydrogen) atoms. The number of nitrogens with one attached hydrogen (secondary N) is 2. The van der Waals surface area contributed by atoms with Gasteiger partial charge in [-0.15, -0.1) is 0 Å². The normalized spacial score (nSPS) is 13.0. The Morgan fingerprint density at radius 2 is 1.88 bits per heavy atom. The Balaban J connectivity index is 2.16. The molecule has 5 nitrogen and oxygen atoms in total. The summed E-state index contributed by atoms with van der Waals surface area (Å²) in [4.78, 5) is 28.2. The zero-order valence-electron chi connectivity index (χ0n) is 16.4. The summed E-state index contributed by atoms with van der Waals surface area (Å²) in [7, 11) is 0. The Morgan fingerprint density at radius 3 is 2.54 bits per heavy atom. The van der Waals surface area contributed by atoms with Gasteiger partial charge in [-0.1, -0.05) is 32.0 Å². The highest BCUT2D eigenvalue weighted by Crippen LogP contribution is 2.20. The van der Waals surface area contributed by atoms with Crippen molar-refractivity contribution in [3.8, 4) is 0 Å². The van der Waals surface area contributed by atoms with Crippen LogP contribution in [-0.2, 0) is 20.7 Å². The van der Waals surface area contributed by atoms with Crippen LogP contribution in [0.2, 0.25) is 0 Å². The van der Waals surface area contributed by atoms with Crippen molar-refractivity contribution in [2.75, 3.05) is 0 Å². The molecule has 2 aromatic rings. The van der Waals surface area contributed by atoms with Crippen LogP contribution < -0.4 is 5.32 Å². The number of H-pyrrole nitrogens is 1. The summed E-state index contributed by atoms with van der Waals surface area (Å²) in [5.74, 6) is -0.0792. The van der Waals surface area contributed by atoms with E-state index in [9.17, 15) is 9.59 Å². The molecule has 0 radical (unpaired) electrons. The third-order valence-corrected chi connectivity index (χ3v) is 4.07. The fourth-order valence-electron chi connectivity index (χ4n) is 2.77. The quantitative estimate of drug-likeness (QED) is 0.736. The van der Waals surface area contributed by atoms with Crippen molar-refractivity contribution in [2.24, 2.45) is 5.92 Å². The lowest BCUT2D eigenvalue weighted by molar-refractivity contribution is -0.158. The lowest BCUT2D eigenvalue weighted by Crippen LogP contribution is -2.45. The molecule has 142 valence electrons. The molecule has 0 saturated carbocycles. The minimum absolute atomic E-state index is 0.116. The second-order valence-electron chi connectivity index (χ2n) is 8.15. The smallest absolute Gasteiger partial charge is 0.329 e. The van der Waals surface area contributed by atoms with E-state index < -0.39 is 17.6 Å². The minimum atomic E-state index is -0.701. The summed E-state index contributed by atoms with van der Waals surface area (Å²) in [6.07, 6.45) is 3.49. The van der Waals surface area contributed by atoms with Crippen LogP contribution in [-0.4, -0.2) is 28.5 Å². The number of esters is 1. The average Bonchev–Trinajstić information content (AvgIpc) is 2.94. The van der Waals surface area contributed by atoms with Crippen LogP contribution in [0.4, 0.5) is 0 Å². The first kappa shape index (κ1) is 20.0. The Labute approximate surface area is 155 Å². The molecule has 0 aliphatic carbocycles. The predicted octanol–water partition coefficient (Wildman–Crippen LogP) is 3.97. The van der Waals surface area contributed by atoms with Gasteiger partial charge in [-0.05, 0) is 44.7 Å². The first-order valence-electron chi connectivity index (χ1n) is 9.23. The summed E-state index contributed by atoms with van der Waals surface area (Å²) in [5.41, 5.74) is 1.40. The third kappa shape index (κ3) is 5.90. The number of amides is 1. The second kappa shape index (κ2) is 8.39. The van der Waals surface area contributed by atoms with Crippen molar-refractivity contribution in [2.45, 2.75) is 65.5 Å². The van der Waals surface area contributed by atoms with Gasteiger partial charge in [0.25, 0.3) is 0 Å². The molecule has 0 bridgehead atoms. The van der Waals surface area contributed by atoms with E-state index in [0.29, 0.717) is 18.8 Å². The highest BCUT2D eigenvalue weighted by Gasteiger charge is 2.27. The van der Waals surface area contributed by atoms with E-state index >= 15 is 0 Å². The molecule has 1 aromatic carbocycles. The maximum absolute atomic E-state index is 12.6. The number of benzene rings is 1. The first-order chi connectivity index (χ1) is 12.2. The maximum Gasteiger partial charge on any atom is 0.329 e. The molecule has 0 spiro atoms. The van der Waals surface area contributed by atoms with Gasteiger partial charge in [-0.3, -0.25) is 4.79 Å². The van der Waals surface area contributed by atoms with Crippen molar-refractivity contribution in [3.05, 3.63) is 36.0 Å². The molecular weight excluding hydrogens is 328 g/mol. The first-order valence-corrected chi connectivity index (χ1v) is 9.23. The van der Waals surface area contributed by atoms with Gasteiger partial charge in [-0.25, -0.2) is 4.79 Å². The van der Waals surface area contributed by atoms with Crippen LogP contribution in [0.15, 0.2) is 30.5 Å². The molecule has 0 fully saturated rings. The Hall–Kier alpha value is -2.30. The van der Waals surface area contributed by atoms with E-state index in [1.807, 2.05) is 51.2 Å². The zero-order chi connectivity index (χ0) is 19.3. The Kier molecular flexibility index (Phi) is 6.46. The number of para-hydroxylation sites is 1. The van der Waals surface area contributed by atoms with Crippen LogP contribution >= 0.6 is 0 Å². The van der Waals surface area contributed by atoms with Gasteiger partial charge in [0.15, 0.2) is 0 Å². The fraction of sp³-hybridized carbons (Fsp3) is 0.524. The highest BCUT2D eigenvalue weighted by molar-refractivity contribution is 5.87. The van der Waals surface area contributed by atoms with Gasteiger partial charge in [0, 0.05) is 29.9 Å². The number of hydrogen-bond acceptors (Lipinski definition) is 3. The lowest BCUT2D eigenvalue weighted by atomic mass is 10.0. The summed E-state index contributed by atoms with van der Waals surface area (Å²) >= 11 is 0. The average molecular weight is 358 g/mol. The molecule has 5 heteroatoms. The van der Waals surface area contributed by atoms with Gasteiger partial charge in [0.1, 0.15) is 11.6 Å². The largest absolute Gasteiger partial charge is 0.458 e. The number of aromatic amines is 1. The van der Waals surface area contributed by atoms with E-state index in [-0.39, 0.29) is 5.91 Å². The molecular formula is C21H30N2O3. The van der Waals surface area contributed by atoms with Gasteiger partial charge in [-0.2, -0.15) is 0 Å². The molecule has 0 aliphatic rings. The number of rotatable bonds is 7. The zero-order valence-corrected chi connectivity index (χ0v) is 16.4. The number of carbonyl (C=O) groups is 2. The molecule has 1 atom stereocenters.